The van der Waals surface area contributed by atoms with Crippen LogP contribution in [-0.4, -0.2) is 7.11 Å². The summed E-state index contributed by atoms with van der Waals surface area (Å²) in [6, 6.07) is 10.0. The van der Waals surface area contributed by atoms with E-state index in [1.54, 1.807) is 18.2 Å². The van der Waals surface area contributed by atoms with Crippen LogP contribution in [0.15, 0.2) is 42.5 Å². The van der Waals surface area contributed by atoms with Gasteiger partial charge in [0, 0.05) is 5.56 Å². The number of hydrogen-bond donors (Lipinski definition) is 0. The first-order chi connectivity index (χ1) is 8.93. The molecule has 100 valence electrons. The topological polar surface area (TPSA) is 9.23 Å². The van der Waals surface area contributed by atoms with Crippen LogP contribution in [0.3, 0.4) is 0 Å². The van der Waals surface area contributed by atoms with E-state index in [2.05, 4.69) is 0 Å². The van der Waals surface area contributed by atoms with Crippen molar-refractivity contribution >= 4 is 11.6 Å². The molecule has 0 spiro atoms. The van der Waals surface area contributed by atoms with Crippen LogP contribution in [0.2, 0.25) is 5.02 Å². The van der Waals surface area contributed by atoms with Crippen LogP contribution in [0.25, 0.3) is 11.1 Å². The predicted octanol–water partition coefficient (Wildman–Crippen LogP) is 5.03. The molecule has 2 aromatic carbocycles. The molecule has 0 bridgehead atoms. The summed E-state index contributed by atoms with van der Waals surface area (Å²) in [7, 11) is 1.48. The van der Waals surface area contributed by atoms with Crippen molar-refractivity contribution in [3.05, 3.63) is 53.1 Å². The summed E-state index contributed by atoms with van der Waals surface area (Å²) >= 11 is 6.13. The van der Waals surface area contributed by atoms with Crippen molar-refractivity contribution in [2.75, 3.05) is 7.11 Å². The smallest absolute Gasteiger partial charge is 0.416 e. The minimum Gasteiger partial charge on any atom is -0.495 e. The summed E-state index contributed by atoms with van der Waals surface area (Å²) in [5.74, 6) is 0.485. The Morgan fingerprint density at radius 2 is 1.63 bits per heavy atom. The first kappa shape index (κ1) is 13.7. The van der Waals surface area contributed by atoms with E-state index in [-0.39, 0.29) is 0 Å². The minimum atomic E-state index is -4.34. The van der Waals surface area contributed by atoms with E-state index in [9.17, 15) is 13.2 Å². The van der Waals surface area contributed by atoms with Gasteiger partial charge in [-0.15, -0.1) is 0 Å². The summed E-state index contributed by atoms with van der Waals surface area (Å²) in [6.45, 7) is 0. The molecular weight excluding hydrogens is 277 g/mol. The lowest BCUT2D eigenvalue weighted by Crippen LogP contribution is -2.04. The van der Waals surface area contributed by atoms with E-state index >= 15 is 0 Å². The molecule has 5 heteroatoms. The summed E-state index contributed by atoms with van der Waals surface area (Å²) in [4.78, 5) is 0. The van der Waals surface area contributed by atoms with Gasteiger partial charge in [-0.1, -0.05) is 35.9 Å². The van der Waals surface area contributed by atoms with E-state index in [1.807, 2.05) is 0 Å². The van der Waals surface area contributed by atoms with Crippen LogP contribution < -0.4 is 4.74 Å². The summed E-state index contributed by atoms with van der Waals surface area (Å²) < 4.78 is 42.5. The highest BCUT2D eigenvalue weighted by Gasteiger charge is 2.30. The lowest BCUT2D eigenvalue weighted by atomic mass is 10.0. The number of methoxy groups -OCH3 is 1. The van der Waals surface area contributed by atoms with Crippen molar-refractivity contribution in [2.24, 2.45) is 0 Å². The number of halogens is 4. The zero-order valence-corrected chi connectivity index (χ0v) is 10.7. The lowest BCUT2D eigenvalue weighted by molar-refractivity contribution is -0.137. The third-order valence-electron chi connectivity index (χ3n) is 2.71. The molecule has 0 amide bonds. The second-order valence-corrected chi connectivity index (χ2v) is 4.27. The van der Waals surface area contributed by atoms with Crippen LogP contribution in [0.4, 0.5) is 13.2 Å². The number of benzene rings is 2. The first-order valence-electron chi connectivity index (χ1n) is 5.43. The molecule has 2 aromatic rings. The van der Waals surface area contributed by atoms with E-state index in [4.69, 9.17) is 16.3 Å². The predicted molar refractivity (Wildman–Crippen MR) is 68.4 cm³/mol. The Kier molecular flexibility index (Phi) is 3.71. The van der Waals surface area contributed by atoms with E-state index in [0.29, 0.717) is 21.9 Å². The normalized spacial score (nSPS) is 11.4. The van der Waals surface area contributed by atoms with Crippen molar-refractivity contribution in [3.8, 4) is 16.9 Å². The Morgan fingerprint density at radius 3 is 2.16 bits per heavy atom. The second-order valence-electron chi connectivity index (χ2n) is 3.90. The molecule has 0 fully saturated rings. The van der Waals surface area contributed by atoms with Crippen molar-refractivity contribution in [1.29, 1.82) is 0 Å². The molecule has 2 rings (SSSR count). The fourth-order valence-electron chi connectivity index (χ4n) is 1.73. The molecule has 0 unspecified atom stereocenters. The van der Waals surface area contributed by atoms with Crippen molar-refractivity contribution in [2.45, 2.75) is 6.18 Å². The Hall–Kier alpha value is -1.68. The number of hydrogen-bond acceptors (Lipinski definition) is 1. The molecule has 0 aliphatic carbocycles. The monoisotopic (exact) mass is 286 g/mol. The highest BCUT2D eigenvalue weighted by molar-refractivity contribution is 6.34. The molecule has 0 radical (unpaired) electrons. The summed E-state index contributed by atoms with van der Waals surface area (Å²) in [5.41, 5.74) is 0.557. The molecule has 0 atom stereocenters. The fourth-order valence-corrected chi connectivity index (χ4v) is 2.04. The standard InChI is InChI=1S/C14H10ClF3O/c1-19-12-4-2-3-11(13(12)15)9-5-7-10(8-6-9)14(16,17)18/h2-8H,1H3. The number of ether oxygens (including phenoxy) is 1. The van der Waals surface area contributed by atoms with Crippen molar-refractivity contribution < 1.29 is 17.9 Å². The largest absolute Gasteiger partial charge is 0.495 e. The quantitative estimate of drug-likeness (QED) is 0.752. The summed E-state index contributed by atoms with van der Waals surface area (Å²) in [5, 5.41) is 0.379. The highest BCUT2D eigenvalue weighted by Crippen LogP contribution is 2.36. The minimum absolute atomic E-state index is 0.379. The zero-order chi connectivity index (χ0) is 14.0. The maximum Gasteiger partial charge on any atom is 0.416 e. The van der Waals surface area contributed by atoms with Gasteiger partial charge in [-0.2, -0.15) is 13.2 Å². The lowest BCUT2D eigenvalue weighted by Gasteiger charge is -2.10. The molecule has 0 saturated heterocycles. The van der Waals surface area contributed by atoms with E-state index < -0.39 is 11.7 Å². The van der Waals surface area contributed by atoms with Gasteiger partial charge in [0.1, 0.15) is 5.75 Å². The zero-order valence-electron chi connectivity index (χ0n) is 9.96. The van der Waals surface area contributed by atoms with Gasteiger partial charge >= 0.3 is 6.18 Å². The van der Waals surface area contributed by atoms with Gasteiger partial charge in [-0.3, -0.25) is 0 Å². The molecule has 0 aromatic heterocycles. The van der Waals surface area contributed by atoms with Crippen LogP contribution in [0.1, 0.15) is 5.56 Å². The van der Waals surface area contributed by atoms with Crippen molar-refractivity contribution in [1.82, 2.24) is 0 Å². The number of alkyl halides is 3. The van der Waals surface area contributed by atoms with Crippen LogP contribution in [0, 0.1) is 0 Å². The van der Waals surface area contributed by atoms with Gasteiger partial charge in [-0.05, 0) is 23.8 Å². The first-order valence-corrected chi connectivity index (χ1v) is 5.81. The maximum absolute atomic E-state index is 12.5. The molecule has 1 nitrogen and oxygen atoms in total. The molecule has 0 aliphatic heterocycles. The van der Waals surface area contributed by atoms with Crippen LogP contribution in [0.5, 0.6) is 5.75 Å². The van der Waals surface area contributed by atoms with Gasteiger partial charge < -0.3 is 4.74 Å². The molecule has 0 aliphatic rings. The van der Waals surface area contributed by atoms with Crippen LogP contribution >= 0.6 is 11.6 Å². The SMILES string of the molecule is COc1cccc(-c2ccc(C(F)(F)F)cc2)c1Cl. The third kappa shape index (κ3) is 2.84. The van der Waals surface area contributed by atoms with Gasteiger partial charge in [0.25, 0.3) is 0 Å². The van der Waals surface area contributed by atoms with Gasteiger partial charge in [0.05, 0.1) is 17.7 Å². The van der Waals surface area contributed by atoms with Gasteiger partial charge in [0.2, 0.25) is 0 Å². The van der Waals surface area contributed by atoms with Gasteiger partial charge in [-0.25, -0.2) is 0 Å². The van der Waals surface area contributed by atoms with Gasteiger partial charge in [0.15, 0.2) is 0 Å². The molecule has 0 heterocycles. The Labute approximate surface area is 113 Å². The van der Waals surface area contributed by atoms with Crippen LogP contribution in [-0.2, 0) is 6.18 Å². The average Bonchev–Trinajstić information content (AvgIpc) is 2.38. The molecule has 0 N–H and O–H groups in total. The maximum atomic E-state index is 12.5. The second kappa shape index (κ2) is 5.13. The number of rotatable bonds is 2. The summed E-state index contributed by atoms with van der Waals surface area (Å²) in [6.07, 6.45) is -4.34. The van der Waals surface area contributed by atoms with E-state index in [0.717, 1.165) is 12.1 Å². The molecule has 0 saturated carbocycles. The molecule has 19 heavy (non-hydrogen) atoms. The highest BCUT2D eigenvalue weighted by atomic mass is 35.5. The third-order valence-corrected chi connectivity index (χ3v) is 3.10. The van der Waals surface area contributed by atoms with Crippen molar-refractivity contribution in [3.63, 3.8) is 0 Å². The fraction of sp³-hybridized carbons (Fsp3) is 0.143. The average molecular weight is 287 g/mol. The Morgan fingerprint density at radius 1 is 1.00 bits per heavy atom. The van der Waals surface area contributed by atoms with E-state index in [1.165, 1.54) is 19.2 Å². The Balaban J connectivity index is 2.43. The Bertz CT molecular complexity index is 576. The molecular formula is C14H10ClF3O.